The summed E-state index contributed by atoms with van der Waals surface area (Å²) in [6.45, 7) is -2.44. The lowest BCUT2D eigenvalue weighted by Gasteiger charge is -2.22. The summed E-state index contributed by atoms with van der Waals surface area (Å²) in [5, 5.41) is 4.93. The van der Waals surface area contributed by atoms with Gasteiger partial charge in [-0.15, -0.1) is 0 Å². The molecular weight excluding hydrogens is 536 g/mol. The predicted molar refractivity (Wildman–Crippen MR) is 120 cm³/mol. The normalized spacial score (nSPS) is 11.4. The molecule has 1 amide bonds. The van der Waals surface area contributed by atoms with Gasteiger partial charge in [0.05, 0.1) is 25.2 Å². The number of carbonyl (C=O) groups is 2. The number of alkyl halides is 5. The first-order valence-electron chi connectivity index (χ1n) is 10.2. The van der Waals surface area contributed by atoms with Gasteiger partial charge in [0.25, 0.3) is 11.8 Å². The van der Waals surface area contributed by atoms with E-state index < -0.39 is 73.1 Å². The van der Waals surface area contributed by atoms with Crippen LogP contribution in [0.2, 0.25) is 5.02 Å². The molecule has 0 saturated heterocycles. The highest BCUT2D eigenvalue weighted by Gasteiger charge is 2.43. The van der Waals surface area contributed by atoms with Gasteiger partial charge >= 0.3 is 12.1 Å². The highest BCUT2D eigenvalue weighted by Crippen LogP contribution is 2.31. The number of nitrogens with one attached hydrogen (secondary N) is 1. The Morgan fingerprint density at radius 2 is 1.70 bits per heavy atom. The second-order valence-corrected chi connectivity index (χ2v) is 7.62. The summed E-state index contributed by atoms with van der Waals surface area (Å²) in [4.78, 5) is 32.4. The van der Waals surface area contributed by atoms with Crippen molar-refractivity contribution >= 4 is 35.1 Å². The standard InChI is InChI=1S/C21H20ClF6N5O4/c22-14-6-7-15(31-11-20(24,25)12-4-2-1-3-5-12)17(23)13(14)10-16(34)33(8-9-36-32-19(29)30)37-18(35)21(26,27)28/h1-7,31H,8-11H2,(H4,29,30,32). The topological polar surface area (TPSA) is 132 Å². The fourth-order valence-electron chi connectivity index (χ4n) is 2.74. The molecule has 0 aliphatic heterocycles. The van der Waals surface area contributed by atoms with E-state index in [2.05, 4.69) is 20.1 Å². The van der Waals surface area contributed by atoms with Gasteiger partial charge in [0.1, 0.15) is 6.61 Å². The highest BCUT2D eigenvalue weighted by atomic mass is 35.5. The van der Waals surface area contributed by atoms with E-state index in [9.17, 15) is 31.5 Å². The van der Waals surface area contributed by atoms with E-state index in [-0.39, 0.29) is 15.6 Å². The Morgan fingerprint density at radius 1 is 1.05 bits per heavy atom. The van der Waals surface area contributed by atoms with Crippen LogP contribution in [-0.4, -0.2) is 48.8 Å². The Kier molecular flexibility index (Phi) is 9.82. The first-order valence-corrected chi connectivity index (χ1v) is 10.5. The van der Waals surface area contributed by atoms with Gasteiger partial charge in [-0.25, -0.2) is 9.18 Å². The Balaban J connectivity index is 2.21. The average molecular weight is 556 g/mol. The summed E-state index contributed by atoms with van der Waals surface area (Å²) in [6.07, 6.45) is -6.47. The number of amides is 1. The number of benzene rings is 2. The predicted octanol–water partition coefficient (Wildman–Crippen LogP) is 3.28. The summed E-state index contributed by atoms with van der Waals surface area (Å²) in [5.41, 5.74) is 8.69. The number of hydroxylamine groups is 2. The molecule has 5 N–H and O–H groups in total. The van der Waals surface area contributed by atoms with E-state index in [1.807, 2.05) is 0 Å². The van der Waals surface area contributed by atoms with Crippen LogP contribution in [0.4, 0.5) is 32.0 Å². The van der Waals surface area contributed by atoms with Crippen molar-refractivity contribution in [3.8, 4) is 0 Å². The lowest BCUT2D eigenvalue weighted by atomic mass is 10.1. The zero-order valence-corrected chi connectivity index (χ0v) is 19.5. The van der Waals surface area contributed by atoms with E-state index in [0.717, 1.165) is 12.1 Å². The third-order valence-electron chi connectivity index (χ3n) is 4.47. The summed E-state index contributed by atoms with van der Waals surface area (Å²) in [7, 11) is 0. The zero-order chi connectivity index (χ0) is 27.8. The van der Waals surface area contributed by atoms with E-state index in [0.29, 0.717) is 0 Å². The molecule has 0 radical (unpaired) electrons. The summed E-state index contributed by atoms with van der Waals surface area (Å²) >= 11 is 5.93. The third kappa shape index (κ3) is 8.63. The number of hydrogen-bond acceptors (Lipinski definition) is 6. The van der Waals surface area contributed by atoms with Crippen molar-refractivity contribution in [3.05, 3.63) is 64.4 Å². The van der Waals surface area contributed by atoms with Gasteiger partial charge in [-0.1, -0.05) is 41.9 Å². The molecule has 0 atom stereocenters. The van der Waals surface area contributed by atoms with Crippen molar-refractivity contribution in [2.75, 3.05) is 25.0 Å². The number of rotatable bonds is 10. The minimum absolute atomic E-state index is 0.0442. The molecule has 0 fully saturated rings. The molecule has 0 aliphatic rings. The minimum Gasteiger partial charge on any atom is -0.391 e. The van der Waals surface area contributed by atoms with Gasteiger partial charge in [-0.3, -0.25) is 4.79 Å². The molecule has 0 aliphatic carbocycles. The summed E-state index contributed by atoms with van der Waals surface area (Å²) in [5.74, 6) is -9.25. The monoisotopic (exact) mass is 555 g/mol. The molecule has 0 heterocycles. The quantitative estimate of drug-likeness (QED) is 0.135. The van der Waals surface area contributed by atoms with Crippen molar-refractivity contribution in [1.29, 1.82) is 0 Å². The maximum atomic E-state index is 15.1. The van der Waals surface area contributed by atoms with Crippen LogP contribution >= 0.6 is 11.6 Å². The van der Waals surface area contributed by atoms with Crippen LogP contribution in [0.1, 0.15) is 11.1 Å². The number of guanidine groups is 1. The fourth-order valence-corrected chi connectivity index (χ4v) is 2.96. The smallest absolute Gasteiger partial charge is 0.391 e. The Bertz CT molecular complexity index is 1130. The van der Waals surface area contributed by atoms with Crippen molar-refractivity contribution in [3.63, 3.8) is 0 Å². The maximum Gasteiger partial charge on any atom is 0.493 e. The van der Waals surface area contributed by atoms with Crippen molar-refractivity contribution < 1.29 is 45.6 Å². The third-order valence-corrected chi connectivity index (χ3v) is 4.82. The number of nitrogens with zero attached hydrogens (tertiary/aromatic N) is 2. The Hall–Kier alpha value is -3.88. The van der Waals surface area contributed by atoms with Crippen molar-refractivity contribution in [1.82, 2.24) is 5.06 Å². The molecule has 0 bridgehead atoms. The first kappa shape index (κ1) is 29.4. The van der Waals surface area contributed by atoms with Gasteiger partial charge in [0.15, 0.2) is 5.82 Å². The summed E-state index contributed by atoms with van der Waals surface area (Å²) < 4.78 is 81.8. The van der Waals surface area contributed by atoms with E-state index >= 15 is 4.39 Å². The molecule has 9 nitrogen and oxygen atoms in total. The van der Waals surface area contributed by atoms with E-state index in [1.54, 1.807) is 0 Å². The molecule has 0 unspecified atom stereocenters. The van der Waals surface area contributed by atoms with Crippen LogP contribution < -0.4 is 16.8 Å². The van der Waals surface area contributed by atoms with Crippen molar-refractivity contribution in [2.45, 2.75) is 18.5 Å². The first-order chi connectivity index (χ1) is 17.2. The molecule has 202 valence electrons. The van der Waals surface area contributed by atoms with E-state index in [1.165, 1.54) is 30.3 Å². The number of hydrogen-bond donors (Lipinski definition) is 3. The molecule has 0 saturated carbocycles. The SMILES string of the molecule is NC(N)=NOCCN(OC(=O)C(F)(F)F)C(=O)Cc1c(Cl)ccc(NCC(F)(F)c2ccccc2)c1F. The van der Waals surface area contributed by atoms with Gasteiger partial charge in [-0.2, -0.15) is 27.0 Å². The molecule has 2 rings (SSSR count). The fraction of sp³-hybridized carbons (Fsp3) is 0.286. The Labute approximate surface area is 210 Å². The van der Waals surface area contributed by atoms with Crippen molar-refractivity contribution in [2.24, 2.45) is 16.6 Å². The lowest BCUT2D eigenvalue weighted by molar-refractivity contribution is -0.238. The lowest BCUT2D eigenvalue weighted by Crippen LogP contribution is -2.41. The molecule has 2 aromatic rings. The highest BCUT2D eigenvalue weighted by molar-refractivity contribution is 6.31. The molecule has 2 aromatic carbocycles. The molecule has 0 aromatic heterocycles. The van der Waals surface area contributed by atoms with Crippen LogP contribution in [-0.2, 0) is 31.6 Å². The number of oxime groups is 1. The van der Waals surface area contributed by atoms with Crippen LogP contribution in [0.25, 0.3) is 0 Å². The molecule has 37 heavy (non-hydrogen) atoms. The Morgan fingerprint density at radius 3 is 2.30 bits per heavy atom. The minimum atomic E-state index is -5.46. The van der Waals surface area contributed by atoms with Crippen LogP contribution in [0, 0.1) is 5.82 Å². The number of nitrogens with two attached hydrogens (primary N) is 2. The van der Waals surface area contributed by atoms with Crippen LogP contribution in [0.15, 0.2) is 47.6 Å². The van der Waals surface area contributed by atoms with Gasteiger partial charge in [0, 0.05) is 16.1 Å². The van der Waals surface area contributed by atoms with Crippen LogP contribution in [0.5, 0.6) is 0 Å². The summed E-state index contributed by atoms with van der Waals surface area (Å²) in [6, 6.07) is 8.82. The molecule has 16 heteroatoms. The molecule has 0 spiro atoms. The number of halogens is 7. The average Bonchev–Trinajstić information content (AvgIpc) is 2.82. The van der Waals surface area contributed by atoms with Gasteiger partial charge < -0.3 is 26.5 Å². The number of anilines is 1. The molecular formula is C21H20ClF6N5O4. The van der Waals surface area contributed by atoms with E-state index in [4.69, 9.17) is 23.1 Å². The maximum absolute atomic E-state index is 15.1. The zero-order valence-electron chi connectivity index (χ0n) is 18.7. The second kappa shape index (κ2) is 12.4. The number of carbonyl (C=O) groups excluding carboxylic acids is 2. The van der Waals surface area contributed by atoms with Gasteiger partial charge in [-0.05, 0) is 17.3 Å². The second-order valence-electron chi connectivity index (χ2n) is 7.21. The van der Waals surface area contributed by atoms with Crippen LogP contribution in [0.3, 0.4) is 0 Å². The largest absolute Gasteiger partial charge is 0.493 e. The van der Waals surface area contributed by atoms with Gasteiger partial charge in [0.2, 0.25) is 5.96 Å².